The minimum absolute atomic E-state index is 0.132. The summed E-state index contributed by atoms with van der Waals surface area (Å²) >= 11 is 6.67. The summed E-state index contributed by atoms with van der Waals surface area (Å²) in [6, 6.07) is 18.0. The fourth-order valence-corrected chi connectivity index (χ4v) is 3.01. The predicted octanol–water partition coefficient (Wildman–Crippen LogP) is 4.14. The number of hydrogen-bond acceptors (Lipinski definition) is 3. The van der Waals surface area contributed by atoms with Crippen molar-refractivity contribution >= 4 is 40.7 Å². The molecular formula is C19H23N3OS2. The summed E-state index contributed by atoms with van der Waals surface area (Å²) in [4.78, 5) is 12.9. The molecule has 0 saturated heterocycles. The molecule has 4 nitrogen and oxygen atoms in total. The molecule has 2 aromatic rings. The van der Waals surface area contributed by atoms with Crippen molar-refractivity contribution in [1.82, 2.24) is 10.9 Å². The van der Waals surface area contributed by atoms with E-state index in [1.165, 1.54) is 30.2 Å². The Kier molecular flexibility index (Phi) is 8.28. The lowest BCUT2D eigenvalue weighted by Gasteiger charge is -2.12. The Bertz CT molecular complexity index is 675. The smallest absolute Gasteiger partial charge is 0.248 e. The summed E-state index contributed by atoms with van der Waals surface area (Å²) in [6.07, 6.45) is 3.48. The Morgan fingerprint density at radius 1 is 1.04 bits per heavy atom. The Balaban J connectivity index is 1.68. The highest BCUT2D eigenvalue weighted by molar-refractivity contribution is 8.00. The fourth-order valence-electron chi connectivity index (χ4n) is 2.13. The molecule has 0 radical (unpaired) electrons. The van der Waals surface area contributed by atoms with Gasteiger partial charge in [0.05, 0.1) is 5.75 Å². The molecule has 6 heteroatoms. The number of amides is 1. The van der Waals surface area contributed by atoms with Crippen LogP contribution in [0.5, 0.6) is 0 Å². The van der Waals surface area contributed by atoms with Gasteiger partial charge < -0.3 is 5.32 Å². The second kappa shape index (κ2) is 10.7. The van der Waals surface area contributed by atoms with Crippen LogP contribution in [0.3, 0.4) is 0 Å². The number of hydrazine groups is 1. The fraction of sp³-hybridized carbons (Fsp3) is 0.263. The van der Waals surface area contributed by atoms with Gasteiger partial charge in [-0.05, 0) is 54.9 Å². The van der Waals surface area contributed by atoms with E-state index in [0.717, 1.165) is 17.0 Å². The van der Waals surface area contributed by atoms with Gasteiger partial charge in [0, 0.05) is 10.6 Å². The summed E-state index contributed by atoms with van der Waals surface area (Å²) in [5, 5.41) is 3.41. The Hall–Kier alpha value is -2.05. The largest absolute Gasteiger partial charge is 0.331 e. The average Bonchev–Trinajstić information content (AvgIpc) is 2.65. The Labute approximate surface area is 158 Å². The molecule has 132 valence electrons. The molecular weight excluding hydrogens is 350 g/mol. The second-order valence-electron chi connectivity index (χ2n) is 5.53. The lowest BCUT2D eigenvalue weighted by atomic mass is 10.1. The van der Waals surface area contributed by atoms with Crippen LogP contribution in [0.4, 0.5) is 5.69 Å². The number of aryl methyl sites for hydroxylation is 1. The maximum absolute atomic E-state index is 11.8. The molecule has 3 N–H and O–H groups in total. The highest BCUT2D eigenvalue weighted by Crippen LogP contribution is 2.16. The zero-order chi connectivity index (χ0) is 17.9. The SMILES string of the molecule is CCCCc1ccc(NC(=S)NNC(=O)CSc2ccccc2)cc1. The number of anilines is 1. The first-order valence-corrected chi connectivity index (χ1v) is 9.69. The summed E-state index contributed by atoms with van der Waals surface area (Å²) in [5.74, 6) is 0.194. The van der Waals surface area contributed by atoms with Crippen LogP contribution < -0.4 is 16.2 Å². The van der Waals surface area contributed by atoms with Crippen molar-refractivity contribution in [2.75, 3.05) is 11.1 Å². The lowest BCUT2D eigenvalue weighted by molar-refractivity contribution is -0.119. The molecule has 2 rings (SSSR count). The van der Waals surface area contributed by atoms with E-state index in [4.69, 9.17) is 12.2 Å². The van der Waals surface area contributed by atoms with Gasteiger partial charge in [-0.1, -0.05) is 43.7 Å². The third-order valence-corrected chi connectivity index (χ3v) is 4.68. The van der Waals surface area contributed by atoms with Crippen molar-refractivity contribution in [2.45, 2.75) is 31.1 Å². The van der Waals surface area contributed by atoms with Gasteiger partial charge in [0.15, 0.2) is 5.11 Å². The maximum atomic E-state index is 11.8. The molecule has 0 heterocycles. The molecule has 0 aliphatic carbocycles. The predicted molar refractivity (Wildman–Crippen MR) is 110 cm³/mol. The topological polar surface area (TPSA) is 53.2 Å². The first-order chi connectivity index (χ1) is 12.2. The van der Waals surface area contributed by atoms with Gasteiger partial charge >= 0.3 is 0 Å². The number of carbonyl (C=O) groups excluding carboxylic acids is 1. The summed E-state index contributed by atoms with van der Waals surface area (Å²) in [5.41, 5.74) is 7.53. The van der Waals surface area contributed by atoms with Crippen LogP contribution in [0, 0.1) is 0 Å². The van der Waals surface area contributed by atoms with Gasteiger partial charge in [-0.3, -0.25) is 15.6 Å². The number of benzene rings is 2. The number of hydrogen-bond donors (Lipinski definition) is 3. The van der Waals surface area contributed by atoms with Crippen molar-refractivity contribution < 1.29 is 4.79 Å². The quantitative estimate of drug-likeness (QED) is 0.387. The van der Waals surface area contributed by atoms with Crippen molar-refractivity contribution in [1.29, 1.82) is 0 Å². The van der Waals surface area contributed by atoms with Gasteiger partial charge in [-0.25, -0.2) is 0 Å². The van der Waals surface area contributed by atoms with Gasteiger partial charge in [-0.15, -0.1) is 11.8 Å². The van der Waals surface area contributed by atoms with E-state index in [9.17, 15) is 4.79 Å². The van der Waals surface area contributed by atoms with Crippen molar-refractivity contribution in [2.24, 2.45) is 0 Å². The maximum Gasteiger partial charge on any atom is 0.248 e. The first kappa shape index (κ1) is 19.3. The Morgan fingerprint density at radius 2 is 1.76 bits per heavy atom. The van der Waals surface area contributed by atoms with E-state index in [2.05, 4.69) is 35.2 Å². The molecule has 2 aromatic carbocycles. The van der Waals surface area contributed by atoms with Crippen molar-refractivity contribution in [3.63, 3.8) is 0 Å². The summed E-state index contributed by atoms with van der Waals surface area (Å²) in [6.45, 7) is 2.19. The molecule has 0 fully saturated rings. The number of rotatable bonds is 7. The second-order valence-corrected chi connectivity index (χ2v) is 6.99. The van der Waals surface area contributed by atoms with Crippen LogP contribution in [0.2, 0.25) is 0 Å². The van der Waals surface area contributed by atoms with Gasteiger partial charge in [0.2, 0.25) is 5.91 Å². The molecule has 0 aliphatic heterocycles. The standard InChI is InChI=1S/C19H23N3OS2/c1-2-3-7-15-10-12-16(13-11-15)20-19(24)22-21-18(23)14-25-17-8-5-4-6-9-17/h4-6,8-13H,2-3,7,14H2,1H3,(H,21,23)(H2,20,22,24). The number of thioether (sulfide) groups is 1. The average molecular weight is 374 g/mol. The lowest BCUT2D eigenvalue weighted by Crippen LogP contribution is -2.44. The van der Waals surface area contributed by atoms with Gasteiger partial charge in [0.1, 0.15) is 0 Å². The third kappa shape index (κ3) is 7.58. The number of nitrogens with one attached hydrogen (secondary N) is 3. The van der Waals surface area contributed by atoms with Gasteiger partial charge in [-0.2, -0.15) is 0 Å². The zero-order valence-corrected chi connectivity index (χ0v) is 15.9. The van der Waals surface area contributed by atoms with E-state index in [1.807, 2.05) is 42.5 Å². The molecule has 0 unspecified atom stereocenters. The van der Waals surface area contributed by atoms with Crippen LogP contribution in [0.1, 0.15) is 25.3 Å². The number of unbranched alkanes of at least 4 members (excludes halogenated alkanes) is 1. The number of carbonyl (C=O) groups is 1. The highest BCUT2D eigenvalue weighted by atomic mass is 32.2. The van der Waals surface area contributed by atoms with E-state index < -0.39 is 0 Å². The van der Waals surface area contributed by atoms with Gasteiger partial charge in [0.25, 0.3) is 0 Å². The van der Waals surface area contributed by atoms with Crippen LogP contribution in [-0.2, 0) is 11.2 Å². The zero-order valence-electron chi connectivity index (χ0n) is 14.2. The molecule has 0 aromatic heterocycles. The molecule has 0 spiro atoms. The molecule has 0 atom stereocenters. The normalized spacial score (nSPS) is 10.1. The van der Waals surface area contributed by atoms with E-state index >= 15 is 0 Å². The minimum Gasteiger partial charge on any atom is -0.331 e. The molecule has 25 heavy (non-hydrogen) atoms. The molecule has 0 aliphatic rings. The summed E-state index contributed by atoms with van der Waals surface area (Å²) < 4.78 is 0. The highest BCUT2D eigenvalue weighted by Gasteiger charge is 2.04. The first-order valence-electron chi connectivity index (χ1n) is 8.30. The van der Waals surface area contributed by atoms with E-state index in [1.54, 1.807) is 0 Å². The van der Waals surface area contributed by atoms with E-state index in [0.29, 0.717) is 10.9 Å². The van der Waals surface area contributed by atoms with Crippen LogP contribution >= 0.6 is 24.0 Å². The third-order valence-electron chi connectivity index (χ3n) is 3.46. The Morgan fingerprint density at radius 3 is 2.44 bits per heavy atom. The van der Waals surface area contributed by atoms with Crippen molar-refractivity contribution in [3.8, 4) is 0 Å². The monoisotopic (exact) mass is 373 g/mol. The van der Waals surface area contributed by atoms with Crippen LogP contribution in [0.25, 0.3) is 0 Å². The molecule has 0 saturated carbocycles. The number of thiocarbonyl (C=S) groups is 1. The van der Waals surface area contributed by atoms with Crippen molar-refractivity contribution in [3.05, 3.63) is 60.2 Å². The van der Waals surface area contributed by atoms with E-state index in [-0.39, 0.29) is 5.91 Å². The molecule has 1 amide bonds. The summed E-state index contributed by atoms with van der Waals surface area (Å²) in [7, 11) is 0. The molecule has 0 bridgehead atoms. The van der Waals surface area contributed by atoms with Crippen LogP contribution in [-0.4, -0.2) is 16.8 Å². The minimum atomic E-state index is -0.132. The van der Waals surface area contributed by atoms with Crippen LogP contribution in [0.15, 0.2) is 59.5 Å².